The zero-order chi connectivity index (χ0) is 22.0. The molecule has 2 aromatic carbocycles. The minimum Gasteiger partial charge on any atom is -0.343 e. The third kappa shape index (κ3) is 4.69. The summed E-state index contributed by atoms with van der Waals surface area (Å²) in [5, 5.41) is 11.9. The number of aromatic nitrogens is 2. The number of nitrogens with zero attached hydrogens (tertiary/aromatic N) is 5. The second kappa shape index (κ2) is 8.76. The van der Waals surface area contributed by atoms with Crippen LogP contribution < -0.4 is 4.90 Å². The average molecular weight is 441 g/mol. The third-order valence-corrected chi connectivity index (χ3v) is 6.04. The molecule has 10 heteroatoms. The highest BCUT2D eigenvalue weighted by atomic mass is 32.1. The van der Waals surface area contributed by atoms with E-state index in [1.54, 1.807) is 36.1 Å². The summed E-state index contributed by atoms with van der Waals surface area (Å²) in [4.78, 5) is 31.8. The first kappa shape index (κ1) is 20.9. The van der Waals surface area contributed by atoms with Crippen molar-refractivity contribution in [2.24, 2.45) is 0 Å². The number of carbonyl (C=O) groups is 1. The number of halogens is 1. The SMILES string of the molecule is Cc1ccc(C(=O)N2CCN(c3nc(Cc4ccc(F)cc4)ns3)CC2)cc1[N+](=O)[O-]. The number of hydrogen-bond acceptors (Lipinski definition) is 7. The smallest absolute Gasteiger partial charge is 0.273 e. The monoisotopic (exact) mass is 441 g/mol. The average Bonchev–Trinajstić information content (AvgIpc) is 3.23. The maximum Gasteiger partial charge on any atom is 0.273 e. The Morgan fingerprint density at radius 2 is 1.87 bits per heavy atom. The molecule has 0 bridgehead atoms. The third-order valence-electron chi connectivity index (χ3n) is 5.22. The first-order valence-electron chi connectivity index (χ1n) is 9.77. The predicted octanol–water partition coefficient (Wildman–Crippen LogP) is 3.45. The molecule has 0 spiro atoms. The van der Waals surface area contributed by atoms with Crippen LogP contribution in [0.2, 0.25) is 0 Å². The van der Waals surface area contributed by atoms with Gasteiger partial charge in [0.1, 0.15) is 11.6 Å². The van der Waals surface area contributed by atoms with E-state index in [9.17, 15) is 19.3 Å². The summed E-state index contributed by atoms with van der Waals surface area (Å²) in [5.74, 6) is 0.192. The standard InChI is InChI=1S/C21H20FN5O3S/c1-14-2-5-16(13-18(14)27(29)30)20(28)25-8-10-26(11-9-25)21-23-19(24-31-21)12-15-3-6-17(22)7-4-15/h2-7,13H,8-12H2,1H3. The Hall–Kier alpha value is -3.40. The van der Waals surface area contributed by atoms with Crippen molar-refractivity contribution in [2.45, 2.75) is 13.3 Å². The van der Waals surface area contributed by atoms with Crippen molar-refractivity contribution >= 4 is 28.3 Å². The Bertz CT molecular complexity index is 1110. The van der Waals surface area contributed by atoms with Gasteiger partial charge in [-0.2, -0.15) is 4.37 Å². The number of aryl methyl sites for hydroxylation is 1. The number of rotatable bonds is 5. The number of nitro groups is 1. The Labute approximate surface area is 182 Å². The molecule has 1 saturated heterocycles. The van der Waals surface area contributed by atoms with Gasteiger partial charge in [-0.15, -0.1) is 0 Å². The normalized spacial score (nSPS) is 14.0. The van der Waals surface area contributed by atoms with Gasteiger partial charge in [-0.05, 0) is 30.7 Å². The van der Waals surface area contributed by atoms with Crippen molar-refractivity contribution in [2.75, 3.05) is 31.1 Å². The summed E-state index contributed by atoms with van der Waals surface area (Å²) in [7, 11) is 0. The molecule has 4 rings (SSSR count). The summed E-state index contributed by atoms with van der Waals surface area (Å²) in [5.41, 5.74) is 1.74. The van der Waals surface area contributed by atoms with E-state index >= 15 is 0 Å². The van der Waals surface area contributed by atoms with Gasteiger partial charge in [-0.1, -0.05) is 18.2 Å². The quantitative estimate of drug-likeness (QED) is 0.445. The van der Waals surface area contributed by atoms with Crippen molar-refractivity contribution in [3.05, 3.63) is 80.9 Å². The molecule has 0 radical (unpaired) electrons. The maximum absolute atomic E-state index is 13.0. The number of piperazine rings is 1. The summed E-state index contributed by atoms with van der Waals surface area (Å²) in [6, 6.07) is 10.8. The Kier molecular flexibility index (Phi) is 5.90. The predicted molar refractivity (Wildman–Crippen MR) is 115 cm³/mol. The Morgan fingerprint density at radius 1 is 1.16 bits per heavy atom. The molecular weight excluding hydrogens is 421 g/mol. The van der Waals surface area contributed by atoms with Gasteiger partial charge >= 0.3 is 0 Å². The van der Waals surface area contributed by atoms with Crippen molar-refractivity contribution < 1.29 is 14.1 Å². The van der Waals surface area contributed by atoms with E-state index in [1.165, 1.54) is 29.7 Å². The molecule has 0 aliphatic carbocycles. The van der Waals surface area contributed by atoms with E-state index in [0.717, 1.165) is 10.7 Å². The lowest BCUT2D eigenvalue weighted by Crippen LogP contribution is -2.48. The molecule has 31 heavy (non-hydrogen) atoms. The highest BCUT2D eigenvalue weighted by Gasteiger charge is 2.25. The lowest BCUT2D eigenvalue weighted by atomic mass is 10.1. The van der Waals surface area contributed by atoms with Crippen LogP contribution >= 0.6 is 11.5 Å². The van der Waals surface area contributed by atoms with Crippen LogP contribution in [0.15, 0.2) is 42.5 Å². The van der Waals surface area contributed by atoms with E-state index < -0.39 is 4.92 Å². The van der Waals surface area contributed by atoms with Gasteiger partial charge in [0, 0.05) is 61.3 Å². The molecule has 160 valence electrons. The summed E-state index contributed by atoms with van der Waals surface area (Å²) in [6.07, 6.45) is 0.529. The zero-order valence-corrected chi connectivity index (χ0v) is 17.6. The van der Waals surface area contributed by atoms with E-state index in [4.69, 9.17) is 0 Å². The molecule has 3 aromatic rings. The number of hydrogen-bond donors (Lipinski definition) is 0. The lowest BCUT2D eigenvalue weighted by molar-refractivity contribution is -0.385. The molecule has 2 heterocycles. The van der Waals surface area contributed by atoms with Crippen LogP contribution in [0.25, 0.3) is 0 Å². The van der Waals surface area contributed by atoms with Crippen LogP contribution in [0.5, 0.6) is 0 Å². The Morgan fingerprint density at radius 3 is 2.55 bits per heavy atom. The summed E-state index contributed by atoms with van der Waals surface area (Å²) < 4.78 is 17.4. The van der Waals surface area contributed by atoms with E-state index in [2.05, 4.69) is 14.3 Å². The van der Waals surface area contributed by atoms with E-state index in [0.29, 0.717) is 49.6 Å². The number of benzene rings is 2. The van der Waals surface area contributed by atoms with Crippen LogP contribution in [-0.4, -0.2) is 51.3 Å². The van der Waals surface area contributed by atoms with Gasteiger partial charge in [0.15, 0.2) is 0 Å². The zero-order valence-electron chi connectivity index (χ0n) is 16.8. The van der Waals surface area contributed by atoms with Crippen molar-refractivity contribution in [3.63, 3.8) is 0 Å². The molecule has 0 unspecified atom stereocenters. The maximum atomic E-state index is 13.0. The van der Waals surface area contributed by atoms with E-state index in [-0.39, 0.29) is 17.4 Å². The topological polar surface area (TPSA) is 92.5 Å². The van der Waals surface area contributed by atoms with Gasteiger partial charge in [0.25, 0.3) is 11.6 Å². The molecule has 1 amide bonds. The highest BCUT2D eigenvalue weighted by molar-refractivity contribution is 7.09. The van der Waals surface area contributed by atoms with Gasteiger partial charge < -0.3 is 9.80 Å². The molecule has 1 fully saturated rings. The molecule has 0 N–H and O–H groups in total. The molecular formula is C21H20FN5O3S. The van der Waals surface area contributed by atoms with Gasteiger partial charge in [-0.3, -0.25) is 14.9 Å². The largest absolute Gasteiger partial charge is 0.343 e. The summed E-state index contributed by atoms with van der Waals surface area (Å²) >= 11 is 1.30. The molecule has 8 nitrogen and oxygen atoms in total. The van der Waals surface area contributed by atoms with Crippen LogP contribution in [0.1, 0.15) is 27.3 Å². The van der Waals surface area contributed by atoms with Gasteiger partial charge in [0.05, 0.1) is 4.92 Å². The van der Waals surface area contributed by atoms with E-state index in [1.807, 2.05) is 0 Å². The van der Waals surface area contributed by atoms with Crippen LogP contribution in [0, 0.1) is 22.9 Å². The van der Waals surface area contributed by atoms with Crippen molar-refractivity contribution in [1.82, 2.24) is 14.3 Å². The number of nitro benzene ring substituents is 1. The molecule has 1 aromatic heterocycles. The van der Waals surface area contributed by atoms with Gasteiger partial charge in [-0.25, -0.2) is 9.37 Å². The lowest BCUT2D eigenvalue weighted by Gasteiger charge is -2.34. The summed E-state index contributed by atoms with van der Waals surface area (Å²) in [6.45, 7) is 3.84. The molecule has 0 saturated carbocycles. The Balaban J connectivity index is 1.37. The number of anilines is 1. The minimum absolute atomic E-state index is 0.0490. The second-order valence-electron chi connectivity index (χ2n) is 7.33. The minimum atomic E-state index is -0.469. The highest BCUT2D eigenvalue weighted by Crippen LogP contribution is 2.23. The fraction of sp³-hybridized carbons (Fsp3) is 0.286. The fourth-order valence-corrected chi connectivity index (χ4v) is 4.19. The number of carbonyl (C=O) groups excluding carboxylic acids is 1. The first-order chi connectivity index (χ1) is 14.9. The second-order valence-corrected chi connectivity index (χ2v) is 8.06. The van der Waals surface area contributed by atoms with Crippen molar-refractivity contribution in [1.29, 1.82) is 0 Å². The molecule has 1 aliphatic heterocycles. The first-order valence-corrected chi connectivity index (χ1v) is 10.5. The fourth-order valence-electron chi connectivity index (χ4n) is 3.45. The van der Waals surface area contributed by atoms with Crippen LogP contribution in [0.3, 0.4) is 0 Å². The van der Waals surface area contributed by atoms with Crippen LogP contribution in [0.4, 0.5) is 15.2 Å². The van der Waals surface area contributed by atoms with Crippen molar-refractivity contribution in [3.8, 4) is 0 Å². The molecule has 0 atom stereocenters. The molecule has 1 aliphatic rings. The van der Waals surface area contributed by atoms with Gasteiger partial charge in [0.2, 0.25) is 5.13 Å². The van der Waals surface area contributed by atoms with Crippen LogP contribution in [-0.2, 0) is 6.42 Å². The number of amides is 1.